The van der Waals surface area contributed by atoms with E-state index in [0.29, 0.717) is 24.9 Å². The minimum absolute atomic E-state index is 0.0617. The van der Waals surface area contributed by atoms with E-state index in [1.807, 2.05) is 0 Å². The number of carboxylic acid groups (broad SMARTS) is 2. The largest absolute Gasteiger partial charge is 0.508 e. The van der Waals surface area contributed by atoms with Gasteiger partial charge in [0.25, 0.3) is 0 Å². The highest BCUT2D eigenvalue weighted by molar-refractivity contribution is 5.92. The summed E-state index contributed by atoms with van der Waals surface area (Å²) in [5.41, 5.74) is 12.0. The number of nitrogens with two attached hydrogens (primary N) is 2. The average Bonchev–Trinajstić information content (AvgIpc) is 2.71. The van der Waals surface area contributed by atoms with E-state index >= 15 is 0 Å². The Morgan fingerprint density at radius 2 is 1.52 bits per heavy atom. The van der Waals surface area contributed by atoms with E-state index in [1.54, 1.807) is 12.1 Å². The summed E-state index contributed by atoms with van der Waals surface area (Å²) in [5.74, 6) is -3.83. The Labute approximate surface area is 179 Å². The zero-order valence-electron chi connectivity index (χ0n) is 17.1. The third kappa shape index (κ3) is 9.92. The Bertz CT molecular complexity index is 754. The standard InChI is InChI=1S/C20H30N4O7/c21-10-2-1-3-16(20(30)31)24-19(29)15(8-9-17(26)27)23-18(28)14(22)11-12-4-6-13(25)7-5-12/h4-7,14-16,25H,1-3,8-11,21-22H2,(H,23,28)(H,24,29)(H,26,27)(H,30,31)/t14-,15-,16-/m0/s1. The van der Waals surface area contributed by atoms with Crippen LogP contribution in [0, 0.1) is 0 Å². The summed E-state index contributed by atoms with van der Waals surface area (Å²) in [5, 5.41) is 32.3. The maximum atomic E-state index is 12.6. The van der Waals surface area contributed by atoms with E-state index < -0.39 is 48.3 Å². The minimum atomic E-state index is -1.26. The van der Waals surface area contributed by atoms with Crippen LogP contribution in [0.25, 0.3) is 0 Å². The molecule has 31 heavy (non-hydrogen) atoms. The van der Waals surface area contributed by atoms with Crippen molar-refractivity contribution in [2.75, 3.05) is 6.54 Å². The van der Waals surface area contributed by atoms with Crippen molar-refractivity contribution in [3.05, 3.63) is 29.8 Å². The number of nitrogens with one attached hydrogen (secondary N) is 2. The Hall–Kier alpha value is -3.18. The van der Waals surface area contributed by atoms with Crippen LogP contribution < -0.4 is 22.1 Å². The molecule has 0 radical (unpaired) electrons. The molecular weight excluding hydrogens is 408 g/mol. The first-order valence-electron chi connectivity index (χ1n) is 9.93. The van der Waals surface area contributed by atoms with Crippen molar-refractivity contribution < 1.29 is 34.5 Å². The minimum Gasteiger partial charge on any atom is -0.508 e. The van der Waals surface area contributed by atoms with E-state index in [-0.39, 0.29) is 25.0 Å². The molecule has 9 N–H and O–H groups in total. The molecule has 0 saturated heterocycles. The van der Waals surface area contributed by atoms with Crippen molar-refractivity contribution in [1.29, 1.82) is 0 Å². The van der Waals surface area contributed by atoms with Gasteiger partial charge >= 0.3 is 11.9 Å². The second kappa shape index (κ2) is 13.2. The smallest absolute Gasteiger partial charge is 0.326 e. The Morgan fingerprint density at radius 3 is 2.06 bits per heavy atom. The highest BCUT2D eigenvalue weighted by Gasteiger charge is 2.28. The number of aromatic hydroxyl groups is 1. The number of carbonyl (C=O) groups is 4. The molecule has 2 amide bonds. The summed E-state index contributed by atoms with van der Waals surface area (Å²) in [6.07, 6.45) is 0.710. The zero-order valence-corrected chi connectivity index (χ0v) is 17.1. The van der Waals surface area contributed by atoms with E-state index in [4.69, 9.17) is 16.6 Å². The Morgan fingerprint density at radius 1 is 0.903 bits per heavy atom. The lowest BCUT2D eigenvalue weighted by atomic mass is 10.0. The molecule has 0 saturated carbocycles. The van der Waals surface area contributed by atoms with Crippen LogP contribution in [0.3, 0.4) is 0 Å². The Balaban J connectivity index is 2.79. The molecule has 1 aromatic rings. The van der Waals surface area contributed by atoms with Crippen LogP contribution in [0.2, 0.25) is 0 Å². The van der Waals surface area contributed by atoms with Gasteiger partial charge in [0, 0.05) is 6.42 Å². The molecule has 0 aliphatic rings. The molecule has 0 aromatic heterocycles. The number of hydrogen-bond acceptors (Lipinski definition) is 7. The summed E-state index contributed by atoms with van der Waals surface area (Å²) in [6.45, 7) is 0.385. The summed E-state index contributed by atoms with van der Waals surface area (Å²) in [7, 11) is 0. The van der Waals surface area contributed by atoms with Crippen LogP contribution in [0.4, 0.5) is 0 Å². The van der Waals surface area contributed by atoms with Gasteiger partial charge in [-0.25, -0.2) is 4.79 Å². The fraction of sp³-hybridized carbons (Fsp3) is 0.500. The number of benzene rings is 1. The zero-order chi connectivity index (χ0) is 23.4. The number of carbonyl (C=O) groups excluding carboxylic acids is 2. The fourth-order valence-corrected chi connectivity index (χ4v) is 2.82. The van der Waals surface area contributed by atoms with Crippen molar-refractivity contribution in [1.82, 2.24) is 10.6 Å². The van der Waals surface area contributed by atoms with Crippen LogP contribution in [-0.4, -0.2) is 63.7 Å². The Kier molecular flexibility index (Phi) is 11.0. The average molecular weight is 438 g/mol. The van der Waals surface area contributed by atoms with E-state index in [0.717, 1.165) is 0 Å². The number of amides is 2. The molecular formula is C20H30N4O7. The van der Waals surface area contributed by atoms with Gasteiger partial charge in [0.15, 0.2) is 0 Å². The lowest BCUT2D eigenvalue weighted by Crippen LogP contribution is -2.54. The highest BCUT2D eigenvalue weighted by atomic mass is 16.4. The van der Waals surface area contributed by atoms with Crippen molar-refractivity contribution in [2.45, 2.75) is 56.7 Å². The van der Waals surface area contributed by atoms with Crippen LogP contribution in [-0.2, 0) is 25.6 Å². The molecule has 0 unspecified atom stereocenters. The lowest BCUT2D eigenvalue weighted by molar-refractivity contribution is -0.143. The first-order valence-corrected chi connectivity index (χ1v) is 9.93. The summed E-state index contributed by atoms with van der Waals surface area (Å²) < 4.78 is 0. The van der Waals surface area contributed by atoms with Gasteiger partial charge in [0.2, 0.25) is 11.8 Å². The molecule has 0 heterocycles. The highest BCUT2D eigenvalue weighted by Crippen LogP contribution is 2.11. The van der Waals surface area contributed by atoms with E-state index in [2.05, 4.69) is 10.6 Å². The van der Waals surface area contributed by atoms with Gasteiger partial charge in [-0.05, 0) is 56.3 Å². The molecule has 0 bridgehead atoms. The first-order chi connectivity index (χ1) is 14.6. The van der Waals surface area contributed by atoms with E-state index in [9.17, 15) is 29.4 Å². The number of unbranched alkanes of at least 4 members (excludes halogenated alkanes) is 1. The molecule has 0 fully saturated rings. The molecule has 1 rings (SSSR count). The van der Waals surface area contributed by atoms with Gasteiger partial charge in [0.1, 0.15) is 17.8 Å². The molecule has 11 nitrogen and oxygen atoms in total. The normalized spacial score (nSPS) is 13.6. The third-order valence-corrected chi connectivity index (χ3v) is 4.57. The topological polar surface area (TPSA) is 205 Å². The van der Waals surface area contributed by atoms with Gasteiger partial charge in [-0.2, -0.15) is 0 Å². The van der Waals surface area contributed by atoms with Crippen LogP contribution in [0.15, 0.2) is 24.3 Å². The van der Waals surface area contributed by atoms with Gasteiger partial charge < -0.3 is 37.4 Å². The number of hydrogen-bond donors (Lipinski definition) is 7. The third-order valence-electron chi connectivity index (χ3n) is 4.57. The maximum absolute atomic E-state index is 12.6. The predicted molar refractivity (Wildman–Crippen MR) is 111 cm³/mol. The fourth-order valence-electron chi connectivity index (χ4n) is 2.82. The SMILES string of the molecule is NCCCC[C@H](NC(=O)[C@H](CCC(=O)O)NC(=O)[C@@H](N)Cc1ccc(O)cc1)C(=O)O. The van der Waals surface area contributed by atoms with Gasteiger partial charge in [-0.1, -0.05) is 12.1 Å². The molecule has 0 spiro atoms. The van der Waals surface area contributed by atoms with Crippen molar-refractivity contribution in [2.24, 2.45) is 11.5 Å². The second-order valence-electron chi connectivity index (χ2n) is 7.15. The first kappa shape index (κ1) is 25.9. The number of carboxylic acids is 2. The summed E-state index contributed by atoms with van der Waals surface area (Å²) in [6, 6.07) is 2.59. The van der Waals surface area contributed by atoms with E-state index in [1.165, 1.54) is 12.1 Å². The van der Waals surface area contributed by atoms with Crippen molar-refractivity contribution >= 4 is 23.8 Å². The van der Waals surface area contributed by atoms with Gasteiger partial charge in [-0.3, -0.25) is 14.4 Å². The lowest BCUT2D eigenvalue weighted by Gasteiger charge is -2.22. The van der Waals surface area contributed by atoms with Crippen LogP contribution >= 0.6 is 0 Å². The van der Waals surface area contributed by atoms with Crippen molar-refractivity contribution in [3.8, 4) is 5.75 Å². The summed E-state index contributed by atoms with van der Waals surface area (Å²) >= 11 is 0. The van der Waals surface area contributed by atoms with Crippen molar-refractivity contribution in [3.63, 3.8) is 0 Å². The number of phenolic OH excluding ortho intramolecular Hbond substituents is 1. The van der Waals surface area contributed by atoms with Gasteiger partial charge in [0.05, 0.1) is 6.04 Å². The number of phenols is 1. The molecule has 172 valence electrons. The predicted octanol–water partition coefficient (Wildman–Crippen LogP) is -0.690. The summed E-state index contributed by atoms with van der Waals surface area (Å²) in [4.78, 5) is 47.4. The molecule has 1 aromatic carbocycles. The quantitative estimate of drug-likeness (QED) is 0.183. The molecule has 0 aliphatic carbocycles. The van der Waals surface area contributed by atoms with Crippen LogP contribution in [0.1, 0.15) is 37.7 Å². The maximum Gasteiger partial charge on any atom is 0.326 e. The monoisotopic (exact) mass is 438 g/mol. The number of rotatable bonds is 14. The van der Waals surface area contributed by atoms with Gasteiger partial charge in [-0.15, -0.1) is 0 Å². The second-order valence-corrected chi connectivity index (χ2v) is 7.15. The molecule has 11 heteroatoms. The number of aliphatic carboxylic acids is 2. The van der Waals surface area contributed by atoms with Crippen LogP contribution in [0.5, 0.6) is 5.75 Å². The molecule has 3 atom stereocenters. The molecule has 0 aliphatic heterocycles.